The van der Waals surface area contributed by atoms with Gasteiger partial charge in [0.15, 0.2) is 0 Å². The molecule has 41 heavy (non-hydrogen) atoms. The molecule has 2 aliphatic carbocycles. The summed E-state index contributed by atoms with van der Waals surface area (Å²) in [6.45, 7) is 7.73. The molecule has 2 heterocycles. The molecular formula is C31H40N6O4. The summed E-state index contributed by atoms with van der Waals surface area (Å²) in [6.07, 6.45) is 10.4. The molecule has 0 saturated heterocycles. The number of amides is 1. The number of nitrogens with one attached hydrogen (secondary N) is 2. The number of nitrogens with zero attached hydrogens (tertiary/aromatic N) is 4. The minimum atomic E-state index is -0.531. The number of alkyl carbamates (subject to hydrolysis) is 1. The first kappa shape index (κ1) is 28.6. The molecule has 0 spiro atoms. The van der Waals surface area contributed by atoms with Crippen LogP contribution in [-0.4, -0.2) is 56.1 Å². The molecule has 1 fully saturated rings. The lowest BCUT2D eigenvalue weighted by molar-refractivity contribution is -0.144. The summed E-state index contributed by atoms with van der Waals surface area (Å²) in [6, 6.07) is 8.84. The van der Waals surface area contributed by atoms with E-state index >= 15 is 0 Å². The zero-order chi connectivity index (χ0) is 29.0. The normalized spacial score (nSPS) is 18.9. The Morgan fingerprint density at radius 3 is 2.27 bits per heavy atom. The van der Waals surface area contributed by atoms with E-state index in [-0.39, 0.29) is 36.6 Å². The molecule has 1 aromatic carbocycles. The molecule has 5 rings (SSSR count). The molecule has 0 aliphatic heterocycles. The average Bonchev–Trinajstić information content (AvgIpc) is 3.52. The fourth-order valence-electron chi connectivity index (χ4n) is 5.75. The van der Waals surface area contributed by atoms with Gasteiger partial charge in [0.25, 0.3) is 0 Å². The predicted octanol–water partition coefficient (Wildman–Crippen LogP) is 5.03. The van der Waals surface area contributed by atoms with E-state index in [0.717, 1.165) is 55.3 Å². The standard InChI is InChI=1S/C31H40N6O4/c1-5-40-27(38)19-37-18-26(28(36-37)20-10-12-24(13-11-20)35-30(39)41-31(2,3)4)23-16-32-29(33-17-23)34-25-14-21-8-6-7-9-22(21)15-25/h6-9,16-18,20,24-25H,5,10-15,19H2,1-4H3,(H,35,39)(H,32,33,34). The first-order chi connectivity index (χ1) is 19.7. The Morgan fingerprint density at radius 1 is 1.00 bits per heavy atom. The summed E-state index contributed by atoms with van der Waals surface area (Å²) in [5, 5.41) is 11.3. The quantitative estimate of drug-likeness (QED) is 0.368. The number of anilines is 1. The Labute approximate surface area is 241 Å². The third-order valence-electron chi connectivity index (χ3n) is 7.57. The Kier molecular flexibility index (Phi) is 8.56. The van der Waals surface area contributed by atoms with Crippen LogP contribution < -0.4 is 10.6 Å². The van der Waals surface area contributed by atoms with Crippen molar-refractivity contribution in [3.63, 3.8) is 0 Å². The van der Waals surface area contributed by atoms with Crippen LogP contribution in [0.25, 0.3) is 11.1 Å². The molecular weight excluding hydrogens is 520 g/mol. The van der Waals surface area contributed by atoms with Gasteiger partial charge in [-0.1, -0.05) is 24.3 Å². The van der Waals surface area contributed by atoms with Gasteiger partial charge in [0.2, 0.25) is 5.95 Å². The number of carbonyl (C=O) groups excluding carboxylic acids is 2. The molecule has 3 aromatic rings. The molecule has 2 aliphatic rings. The van der Waals surface area contributed by atoms with Crippen molar-refractivity contribution in [3.05, 3.63) is 59.7 Å². The second kappa shape index (κ2) is 12.3. The van der Waals surface area contributed by atoms with Gasteiger partial charge in [-0.3, -0.25) is 9.48 Å². The zero-order valence-electron chi connectivity index (χ0n) is 24.4. The largest absolute Gasteiger partial charge is 0.465 e. The van der Waals surface area contributed by atoms with Crippen LogP contribution in [-0.2, 0) is 33.7 Å². The molecule has 1 amide bonds. The van der Waals surface area contributed by atoms with E-state index in [0.29, 0.717) is 12.6 Å². The van der Waals surface area contributed by atoms with Crippen LogP contribution >= 0.6 is 0 Å². The smallest absolute Gasteiger partial charge is 0.407 e. The van der Waals surface area contributed by atoms with Gasteiger partial charge in [-0.2, -0.15) is 5.10 Å². The summed E-state index contributed by atoms with van der Waals surface area (Å²) in [7, 11) is 0. The Morgan fingerprint density at radius 2 is 1.66 bits per heavy atom. The van der Waals surface area contributed by atoms with Crippen molar-refractivity contribution in [2.45, 2.75) is 96.4 Å². The molecule has 10 nitrogen and oxygen atoms in total. The summed E-state index contributed by atoms with van der Waals surface area (Å²) < 4.78 is 12.2. The minimum absolute atomic E-state index is 0.0408. The van der Waals surface area contributed by atoms with Crippen molar-refractivity contribution in [2.24, 2.45) is 0 Å². The Hall–Kier alpha value is -3.95. The van der Waals surface area contributed by atoms with Gasteiger partial charge in [0.05, 0.1) is 12.3 Å². The maximum Gasteiger partial charge on any atom is 0.407 e. The van der Waals surface area contributed by atoms with Crippen molar-refractivity contribution < 1.29 is 19.1 Å². The van der Waals surface area contributed by atoms with E-state index in [4.69, 9.17) is 14.6 Å². The topological polar surface area (TPSA) is 120 Å². The number of esters is 1. The van der Waals surface area contributed by atoms with Crippen molar-refractivity contribution >= 4 is 18.0 Å². The van der Waals surface area contributed by atoms with Gasteiger partial charge in [0.1, 0.15) is 12.1 Å². The summed E-state index contributed by atoms with van der Waals surface area (Å²) in [5.41, 5.74) is 4.90. The van der Waals surface area contributed by atoms with Gasteiger partial charge in [0, 0.05) is 47.7 Å². The van der Waals surface area contributed by atoms with E-state index in [2.05, 4.69) is 44.9 Å². The number of fused-ring (bicyclic) bond motifs is 1. The predicted molar refractivity (Wildman–Crippen MR) is 156 cm³/mol. The van der Waals surface area contributed by atoms with Crippen molar-refractivity contribution in [2.75, 3.05) is 11.9 Å². The number of benzene rings is 1. The number of hydrogen-bond acceptors (Lipinski definition) is 8. The molecule has 1 saturated carbocycles. The number of carbonyl (C=O) groups is 2. The Bertz CT molecular complexity index is 1330. The minimum Gasteiger partial charge on any atom is -0.465 e. The van der Waals surface area contributed by atoms with E-state index in [1.807, 2.05) is 39.4 Å². The van der Waals surface area contributed by atoms with Crippen LogP contribution in [0.15, 0.2) is 42.9 Å². The van der Waals surface area contributed by atoms with Gasteiger partial charge in [-0.25, -0.2) is 14.8 Å². The number of rotatable bonds is 8. The van der Waals surface area contributed by atoms with Crippen LogP contribution in [0, 0.1) is 0 Å². The first-order valence-corrected chi connectivity index (χ1v) is 14.5. The summed E-state index contributed by atoms with van der Waals surface area (Å²) in [4.78, 5) is 33.7. The lowest BCUT2D eigenvalue weighted by atomic mass is 9.82. The second-order valence-corrected chi connectivity index (χ2v) is 11.9. The molecule has 0 radical (unpaired) electrons. The molecule has 2 aromatic heterocycles. The number of ether oxygens (including phenoxy) is 2. The third kappa shape index (κ3) is 7.42. The lowest BCUT2D eigenvalue weighted by Crippen LogP contribution is -2.40. The third-order valence-corrected chi connectivity index (χ3v) is 7.57. The van der Waals surface area contributed by atoms with E-state index in [1.165, 1.54) is 11.1 Å². The maximum atomic E-state index is 12.3. The molecule has 0 unspecified atom stereocenters. The van der Waals surface area contributed by atoms with Crippen molar-refractivity contribution in [1.82, 2.24) is 25.1 Å². The average molecular weight is 561 g/mol. The monoisotopic (exact) mass is 560 g/mol. The van der Waals surface area contributed by atoms with E-state index in [1.54, 1.807) is 11.6 Å². The maximum absolute atomic E-state index is 12.3. The SMILES string of the molecule is CCOC(=O)Cn1cc(-c2cnc(NC3Cc4ccccc4C3)nc2)c(C2CCC(NC(=O)OC(C)(C)C)CC2)n1. The van der Waals surface area contributed by atoms with Gasteiger partial charge >= 0.3 is 12.1 Å². The molecule has 218 valence electrons. The fraction of sp³-hybridized carbons (Fsp3) is 0.516. The van der Waals surface area contributed by atoms with Gasteiger partial charge < -0.3 is 20.1 Å². The zero-order valence-corrected chi connectivity index (χ0v) is 24.4. The molecule has 0 atom stereocenters. The van der Waals surface area contributed by atoms with Crippen molar-refractivity contribution in [1.29, 1.82) is 0 Å². The highest BCUT2D eigenvalue weighted by atomic mass is 16.6. The van der Waals surface area contributed by atoms with Crippen LogP contribution in [0.3, 0.4) is 0 Å². The summed E-state index contributed by atoms with van der Waals surface area (Å²) in [5.74, 6) is 0.451. The first-order valence-electron chi connectivity index (χ1n) is 14.5. The highest BCUT2D eigenvalue weighted by Gasteiger charge is 2.29. The number of aromatic nitrogens is 4. The van der Waals surface area contributed by atoms with Crippen LogP contribution in [0.4, 0.5) is 10.7 Å². The van der Waals surface area contributed by atoms with Gasteiger partial charge in [-0.15, -0.1) is 0 Å². The lowest BCUT2D eigenvalue weighted by Gasteiger charge is -2.29. The molecule has 10 heteroatoms. The fourth-order valence-corrected chi connectivity index (χ4v) is 5.75. The Balaban J connectivity index is 1.28. The molecule has 0 bridgehead atoms. The second-order valence-electron chi connectivity index (χ2n) is 11.9. The van der Waals surface area contributed by atoms with Crippen LogP contribution in [0.5, 0.6) is 0 Å². The highest BCUT2D eigenvalue weighted by molar-refractivity contribution is 5.70. The van der Waals surface area contributed by atoms with Crippen molar-refractivity contribution in [3.8, 4) is 11.1 Å². The highest BCUT2D eigenvalue weighted by Crippen LogP contribution is 2.37. The van der Waals surface area contributed by atoms with E-state index < -0.39 is 5.60 Å². The van der Waals surface area contributed by atoms with Gasteiger partial charge in [-0.05, 0) is 77.3 Å². The molecule has 2 N–H and O–H groups in total. The van der Waals surface area contributed by atoms with E-state index in [9.17, 15) is 9.59 Å². The summed E-state index contributed by atoms with van der Waals surface area (Å²) >= 11 is 0. The van der Waals surface area contributed by atoms with Crippen LogP contribution in [0.1, 0.15) is 76.1 Å². The van der Waals surface area contributed by atoms with Crippen LogP contribution in [0.2, 0.25) is 0 Å². The number of hydrogen-bond donors (Lipinski definition) is 2.